The molecule has 0 radical (unpaired) electrons. The Hall–Kier alpha value is -2.40. The summed E-state index contributed by atoms with van der Waals surface area (Å²) in [5.41, 5.74) is 2.96. The van der Waals surface area contributed by atoms with Crippen LogP contribution in [-0.2, 0) is 18.0 Å². The highest BCUT2D eigenvalue weighted by Gasteiger charge is 2.18. The average molecular weight is 417 g/mol. The topological polar surface area (TPSA) is 80.0 Å². The van der Waals surface area contributed by atoms with Crippen LogP contribution in [0.15, 0.2) is 24.3 Å². The Morgan fingerprint density at radius 1 is 1.25 bits per heavy atom. The molecule has 8 heteroatoms. The number of nitrogens with one attached hydrogen (secondary N) is 1. The Balaban J connectivity index is 2.17. The van der Waals surface area contributed by atoms with Gasteiger partial charge in [-0.25, -0.2) is 9.19 Å². The molecule has 0 aliphatic heterocycles. The summed E-state index contributed by atoms with van der Waals surface area (Å²) < 4.78 is 16.2. The smallest absolute Gasteiger partial charge is 0.169 e. The van der Waals surface area contributed by atoms with Gasteiger partial charge in [0.15, 0.2) is 5.82 Å². The van der Waals surface area contributed by atoms with Crippen LogP contribution in [0.1, 0.15) is 25.2 Å². The lowest BCUT2D eigenvalue weighted by molar-refractivity contribution is 0.143. The number of benzene rings is 1. The van der Waals surface area contributed by atoms with E-state index in [4.69, 9.17) is 11.6 Å². The van der Waals surface area contributed by atoms with Gasteiger partial charge < -0.3 is 5.11 Å². The van der Waals surface area contributed by atoms with Gasteiger partial charge in [0.2, 0.25) is 0 Å². The molecular formula is C20H21ClN4O2S. The van der Waals surface area contributed by atoms with Gasteiger partial charge in [0.1, 0.15) is 22.3 Å². The molecule has 28 heavy (non-hydrogen) atoms. The van der Waals surface area contributed by atoms with E-state index in [1.807, 2.05) is 32.2 Å². The molecule has 2 N–H and O–H groups in total. The second-order valence-electron chi connectivity index (χ2n) is 6.99. The number of hydrogen-bond acceptors (Lipinski definition) is 4. The standard InChI is InChI=1S/C20H21ClN4O2S/c1-12-14(7-6-13(22-12)10-11-20(2,3)26)15-8-9-16(21)17-18(15)25(4)23-19(17)24-28(5)27/h6-9,26H,1-5H3,(H,23,24). The molecule has 3 aromatic rings. The third kappa shape index (κ3) is 4.20. The first-order valence-electron chi connectivity index (χ1n) is 8.55. The molecule has 0 bridgehead atoms. The largest absolute Gasteiger partial charge is 0.378 e. The fourth-order valence-corrected chi connectivity index (χ4v) is 3.59. The molecule has 0 spiro atoms. The monoisotopic (exact) mass is 416 g/mol. The first-order chi connectivity index (χ1) is 13.1. The molecular weight excluding hydrogens is 396 g/mol. The van der Waals surface area contributed by atoms with Crippen molar-refractivity contribution in [3.8, 4) is 23.0 Å². The summed E-state index contributed by atoms with van der Waals surface area (Å²) in [7, 11) is 0.549. The van der Waals surface area contributed by atoms with Gasteiger partial charge in [-0.2, -0.15) is 5.10 Å². The number of hydrogen-bond donors (Lipinski definition) is 2. The van der Waals surface area contributed by atoms with Gasteiger partial charge >= 0.3 is 0 Å². The van der Waals surface area contributed by atoms with Crippen LogP contribution in [0.2, 0.25) is 5.02 Å². The highest BCUT2D eigenvalue weighted by molar-refractivity contribution is 7.85. The highest BCUT2D eigenvalue weighted by Crippen LogP contribution is 2.37. The maximum Gasteiger partial charge on any atom is 0.169 e. The Morgan fingerprint density at radius 2 is 1.93 bits per heavy atom. The Labute approximate surface area is 171 Å². The summed E-state index contributed by atoms with van der Waals surface area (Å²) in [6.45, 7) is 5.16. The average Bonchev–Trinajstić information content (AvgIpc) is 2.90. The summed E-state index contributed by atoms with van der Waals surface area (Å²) >= 11 is 6.42. The van der Waals surface area contributed by atoms with Crippen molar-refractivity contribution in [1.29, 1.82) is 0 Å². The Kier molecular flexibility index (Phi) is 5.48. The summed E-state index contributed by atoms with van der Waals surface area (Å²) in [4.78, 5) is 4.56. The van der Waals surface area contributed by atoms with Crippen LogP contribution in [0, 0.1) is 18.8 Å². The molecule has 2 aromatic heterocycles. The number of nitrogens with zero attached hydrogens (tertiary/aromatic N) is 3. The molecule has 0 fully saturated rings. The van der Waals surface area contributed by atoms with Crippen LogP contribution >= 0.6 is 11.6 Å². The van der Waals surface area contributed by atoms with Gasteiger partial charge in [0, 0.05) is 30.1 Å². The summed E-state index contributed by atoms with van der Waals surface area (Å²) in [6, 6.07) is 7.48. The van der Waals surface area contributed by atoms with E-state index in [0.29, 0.717) is 21.9 Å². The number of rotatable bonds is 3. The van der Waals surface area contributed by atoms with Crippen molar-refractivity contribution in [2.45, 2.75) is 26.4 Å². The van der Waals surface area contributed by atoms with Crippen LogP contribution < -0.4 is 4.72 Å². The van der Waals surface area contributed by atoms with Crippen molar-refractivity contribution in [3.63, 3.8) is 0 Å². The minimum atomic E-state index is -1.27. The lowest BCUT2D eigenvalue weighted by Crippen LogP contribution is -2.14. The van der Waals surface area contributed by atoms with E-state index in [-0.39, 0.29) is 0 Å². The molecule has 3 rings (SSSR count). The van der Waals surface area contributed by atoms with Crippen LogP contribution in [0.3, 0.4) is 0 Å². The molecule has 0 aliphatic rings. The van der Waals surface area contributed by atoms with E-state index < -0.39 is 16.6 Å². The molecule has 0 saturated carbocycles. The lowest BCUT2D eigenvalue weighted by Gasteiger charge is -2.10. The zero-order valence-electron chi connectivity index (χ0n) is 16.3. The molecule has 1 aromatic carbocycles. The van der Waals surface area contributed by atoms with Gasteiger partial charge in [0.25, 0.3) is 0 Å². The van der Waals surface area contributed by atoms with E-state index in [9.17, 15) is 9.32 Å². The van der Waals surface area contributed by atoms with Gasteiger partial charge in [0.05, 0.1) is 15.9 Å². The van der Waals surface area contributed by atoms with Crippen molar-refractivity contribution in [2.75, 3.05) is 11.0 Å². The quantitative estimate of drug-likeness (QED) is 0.641. The van der Waals surface area contributed by atoms with Crippen LogP contribution in [0.5, 0.6) is 0 Å². The van der Waals surface area contributed by atoms with Gasteiger partial charge in [-0.15, -0.1) is 0 Å². The van der Waals surface area contributed by atoms with Crippen molar-refractivity contribution in [2.24, 2.45) is 7.05 Å². The molecule has 0 amide bonds. The molecule has 0 saturated heterocycles. The number of anilines is 1. The second kappa shape index (κ2) is 7.55. The van der Waals surface area contributed by atoms with E-state index in [0.717, 1.165) is 22.3 Å². The summed E-state index contributed by atoms with van der Waals surface area (Å²) in [5.74, 6) is 6.14. The summed E-state index contributed by atoms with van der Waals surface area (Å²) in [6.07, 6.45) is 1.54. The third-order valence-corrected chi connectivity index (χ3v) is 4.85. The number of halogens is 1. The van der Waals surface area contributed by atoms with Crippen LogP contribution in [0.4, 0.5) is 5.82 Å². The zero-order valence-corrected chi connectivity index (χ0v) is 17.9. The number of aryl methyl sites for hydroxylation is 2. The van der Waals surface area contributed by atoms with Gasteiger partial charge in [-0.3, -0.25) is 9.40 Å². The normalized spacial score (nSPS) is 12.5. The Morgan fingerprint density at radius 3 is 2.54 bits per heavy atom. The van der Waals surface area contributed by atoms with E-state index in [1.165, 1.54) is 0 Å². The van der Waals surface area contributed by atoms with Crippen molar-refractivity contribution >= 4 is 39.3 Å². The van der Waals surface area contributed by atoms with E-state index in [2.05, 4.69) is 26.6 Å². The first-order valence-corrected chi connectivity index (χ1v) is 10.5. The number of fused-ring (bicyclic) bond motifs is 1. The third-order valence-electron chi connectivity index (χ3n) is 4.05. The fourth-order valence-electron chi connectivity index (χ4n) is 2.94. The minimum absolute atomic E-state index is 0.475. The Bertz CT molecular complexity index is 1150. The van der Waals surface area contributed by atoms with Crippen molar-refractivity contribution in [1.82, 2.24) is 14.8 Å². The molecule has 6 nitrogen and oxygen atoms in total. The van der Waals surface area contributed by atoms with Crippen molar-refractivity contribution in [3.05, 3.63) is 40.7 Å². The molecule has 1 atom stereocenters. The number of aliphatic hydroxyl groups is 1. The van der Waals surface area contributed by atoms with Gasteiger partial charge in [-0.1, -0.05) is 23.6 Å². The maximum atomic E-state index is 11.6. The van der Waals surface area contributed by atoms with E-state index >= 15 is 0 Å². The van der Waals surface area contributed by atoms with Crippen LogP contribution in [-0.4, -0.2) is 35.9 Å². The van der Waals surface area contributed by atoms with E-state index in [1.54, 1.807) is 30.9 Å². The highest BCUT2D eigenvalue weighted by atomic mass is 35.5. The molecule has 0 aliphatic carbocycles. The van der Waals surface area contributed by atoms with Crippen molar-refractivity contribution < 1.29 is 9.32 Å². The van der Waals surface area contributed by atoms with Gasteiger partial charge in [-0.05, 0) is 44.9 Å². The SMILES string of the molecule is Cc1nc(C#CC(C)(C)O)ccc1-c1ccc(Cl)c2c(NS(C)=O)nn(C)c12. The number of aromatic nitrogens is 3. The molecule has 2 heterocycles. The summed E-state index contributed by atoms with van der Waals surface area (Å²) in [5, 5.41) is 15.4. The molecule has 1 unspecified atom stereocenters. The maximum absolute atomic E-state index is 11.6. The van der Waals surface area contributed by atoms with Crippen LogP contribution in [0.25, 0.3) is 22.0 Å². The fraction of sp³-hybridized carbons (Fsp3) is 0.300. The minimum Gasteiger partial charge on any atom is -0.378 e. The zero-order chi connectivity index (χ0) is 20.6. The predicted octanol–water partition coefficient (Wildman–Crippen LogP) is 3.42. The molecule has 146 valence electrons. The second-order valence-corrected chi connectivity index (χ2v) is 8.51. The first kappa shape index (κ1) is 20.3. The number of pyridine rings is 1. The lowest BCUT2D eigenvalue weighted by atomic mass is 10.0. The predicted molar refractivity (Wildman–Crippen MR) is 115 cm³/mol.